The highest BCUT2D eigenvalue weighted by Gasteiger charge is 2.20. The summed E-state index contributed by atoms with van der Waals surface area (Å²) in [7, 11) is 0. The monoisotopic (exact) mass is 417 g/mol. The fourth-order valence-electron chi connectivity index (χ4n) is 3.48. The van der Waals surface area contributed by atoms with Gasteiger partial charge >= 0.3 is 0 Å². The van der Waals surface area contributed by atoms with Gasteiger partial charge in [0.15, 0.2) is 5.13 Å². The van der Waals surface area contributed by atoms with E-state index in [1.807, 2.05) is 36.4 Å². The Morgan fingerprint density at radius 2 is 2.00 bits per heavy atom. The summed E-state index contributed by atoms with van der Waals surface area (Å²) in [6, 6.07) is 22.4. The van der Waals surface area contributed by atoms with Crippen molar-refractivity contribution in [2.24, 2.45) is 0 Å². The van der Waals surface area contributed by atoms with Gasteiger partial charge in [0.05, 0.1) is 15.9 Å². The van der Waals surface area contributed by atoms with E-state index in [0.29, 0.717) is 10.7 Å². The quantitative estimate of drug-likeness (QED) is 0.418. The maximum Gasteiger partial charge on any atom is 0.257 e. The molecule has 4 nitrogen and oxygen atoms in total. The number of anilines is 2. The Hall–Kier alpha value is -2.83. The van der Waals surface area contributed by atoms with Crippen LogP contribution in [-0.4, -0.2) is 17.4 Å². The third kappa shape index (κ3) is 3.73. The first-order valence-electron chi connectivity index (χ1n) is 9.48. The van der Waals surface area contributed by atoms with Crippen LogP contribution < -0.4 is 9.62 Å². The third-order valence-electron chi connectivity index (χ3n) is 4.92. The molecule has 1 aliphatic heterocycles. The van der Waals surface area contributed by atoms with Crippen molar-refractivity contribution in [3.05, 3.63) is 83.4 Å². The van der Waals surface area contributed by atoms with E-state index in [2.05, 4.69) is 51.9 Å². The summed E-state index contributed by atoms with van der Waals surface area (Å²) in [5.41, 5.74) is 5.37. The minimum absolute atomic E-state index is 0.134. The molecule has 0 radical (unpaired) electrons. The Kier molecular flexibility index (Phi) is 4.73. The average Bonchev–Trinajstić information content (AvgIpc) is 3.31. The zero-order valence-electron chi connectivity index (χ0n) is 15.9. The number of fused-ring (bicyclic) bond motifs is 2. The fourth-order valence-corrected chi connectivity index (χ4v) is 5.47. The predicted molar refractivity (Wildman–Crippen MR) is 122 cm³/mol. The molecular formula is C23H19N3OS2. The van der Waals surface area contributed by atoms with Crippen molar-refractivity contribution in [3.63, 3.8) is 0 Å². The molecule has 0 saturated heterocycles. The zero-order valence-corrected chi connectivity index (χ0v) is 17.5. The van der Waals surface area contributed by atoms with E-state index >= 15 is 0 Å². The summed E-state index contributed by atoms with van der Waals surface area (Å²) in [6.07, 6.45) is 1.06. The lowest BCUT2D eigenvalue weighted by Gasteiger charge is -2.18. The molecule has 1 N–H and O–H groups in total. The Morgan fingerprint density at radius 3 is 2.93 bits per heavy atom. The summed E-state index contributed by atoms with van der Waals surface area (Å²) in [4.78, 5) is 18.4. The number of aromatic nitrogens is 1. The van der Waals surface area contributed by atoms with Crippen molar-refractivity contribution in [2.45, 2.75) is 18.2 Å². The lowest BCUT2D eigenvalue weighted by molar-refractivity contribution is 0.102. The molecule has 1 aromatic heterocycles. The molecule has 6 heteroatoms. The minimum Gasteiger partial charge on any atom is -0.312 e. The van der Waals surface area contributed by atoms with Gasteiger partial charge in [-0.05, 0) is 72.8 Å². The number of carbonyl (C=O) groups excluding carboxylic acids is 1. The van der Waals surface area contributed by atoms with E-state index in [4.69, 9.17) is 0 Å². The van der Waals surface area contributed by atoms with Gasteiger partial charge in [-0.1, -0.05) is 41.7 Å². The van der Waals surface area contributed by atoms with Crippen LogP contribution in [0.2, 0.25) is 0 Å². The van der Waals surface area contributed by atoms with E-state index in [0.717, 1.165) is 28.1 Å². The molecule has 5 rings (SSSR count). The SMILES string of the molecule is Cc1ccc2nc(NC(=O)c3cccc(SN4CCc5ccccc54)c3)sc2c1. The molecule has 4 aromatic rings. The third-order valence-corrected chi connectivity index (χ3v) is 6.92. The normalized spacial score (nSPS) is 12.9. The van der Waals surface area contributed by atoms with E-state index in [1.165, 1.54) is 28.2 Å². The molecule has 0 saturated carbocycles. The van der Waals surface area contributed by atoms with Gasteiger partial charge in [0.1, 0.15) is 0 Å². The highest BCUT2D eigenvalue weighted by molar-refractivity contribution is 8.00. The molecule has 1 aliphatic rings. The standard InChI is InChI=1S/C23H19N3OS2/c1-15-9-10-19-21(13-15)28-23(24-19)25-22(27)17-6-4-7-18(14-17)29-26-12-11-16-5-2-3-8-20(16)26/h2-10,13-14H,11-12H2,1H3,(H,24,25,27). The van der Waals surface area contributed by atoms with Crippen LogP contribution in [0.1, 0.15) is 21.5 Å². The van der Waals surface area contributed by atoms with Crippen molar-refractivity contribution < 1.29 is 4.79 Å². The molecular weight excluding hydrogens is 398 g/mol. The minimum atomic E-state index is -0.134. The second-order valence-corrected chi connectivity index (χ2v) is 9.17. The number of carbonyl (C=O) groups is 1. The summed E-state index contributed by atoms with van der Waals surface area (Å²) in [5, 5.41) is 3.58. The van der Waals surface area contributed by atoms with Crippen LogP contribution in [0.4, 0.5) is 10.8 Å². The largest absolute Gasteiger partial charge is 0.312 e. The molecule has 29 heavy (non-hydrogen) atoms. The van der Waals surface area contributed by atoms with Gasteiger partial charge in [0.25, 0.3) is 5.91 Å². The summed E-state index contributed by atoms with van der Waals surface area (Å²) < 4.78 is 3.37. The highest BCUT2D eigenvalue weighted by Crippen LogP contribution is 2.36. The first-order chi connectivity index (χ1) is 14.2. The average molecular weight is 418 g/mol. The Labute approximate surface area is 177 Å². The maximum absolute atomic E-state index is 12.8. The number of para-hydroxylation sites is 1. The van der Waals surface area contributed by atoms with E-state index in [1.54, 1.807) is 11.9 Å². The number of benzene rings is 3. The first kappa shape index (κ1) is 18.2. The van der Waals surface area contributed by atoms with Gasteiger partial charge in [-0.25, -0.2) is 4.98 Å². The molecule has 2 heterocycles. The highest BCUT2D eigenvalue weighted by atomic mass is 32.2. The molecule has 0 aliphatic carbocycles. The van der Waals surface area contributed by atoms with Crippen molar-refractivity contribution in [1.29, 1.82) is 0 Å². The van der Waals surface area contributed by atoms with E-state index < -0.39 is 0 Å². The number of hydrogen-bond donors (Lipinski definition) is 1. The second-order valence-electron chi connectivity index (χ2n) is 7.04. The summed E-state index contributed by atoms with van der Waals surface area (Å²) in [6.45, 7) is 3.03. The van der Waals surface area contributed by atoms with Gasteiger partial charge in [0.2, 0.25) is 0 Å². The van der Waals surface area contributed by atoms with Crippen LogP contribution >= 0.6 is 23.3 Å². The maximum atomic E-state index is 12.8. The van der Waals surface area contributed by atoms with Crippen LogP contribution in [-0.2, 0) is 6.42 Å². The molecule has 0 unspecified atom stereocenters. The molecule has 144 valence electrons. The first-order valence-corrected chi connectivity index (χ1v) is 11.1. The Balaban J connectivity index is 1.33. The van der Waals surface area contributed by atoms with Gasteiger partial charge < -0.3 is 4.31 Å². The molecule has 0 bridgehead atoms. The Bertz CT molecular complexity index is 1220. The number of hydrogen-bond acceptors (Lipinski definition) is 5. The molecule has 0 fully saturated rings. The number of amides is 1. The van der Waals surface area contributed by atoms with Crippen LogP contribution in [0.5, 0.6) is 0 Å². The lowest BCUT2D eigenvalue weighted by Crippen LogP contribution is -2.13. The van der Waals surface area contributed by atoms with Crippen LogP contribution in [0, 0.1) is 6.92 Å². The van der Waals surface area contributed by atoms with Crippen LogP contribution in [0.3, 0.4) is 0 Å². The van der Waals surface area contributed by atoms with E-state index in [9.17, 15) is 4.79 Å². The van der Waals surface area contributed by atoms with Crippen molar-refractivity contribution in [2.75, 3.05) is 16.2 Å². The number of rotatable bonds is 4. The second kappa shape index (κ2) is 7.54. The number of nitrogens with one attached hydrogen (secondary N) is 1. The van der Waals surface area contributed by atoms with Crippen LogP contribution in [0.15, 0.2) is 71.6 Å². The predicted octanol–water partition coefficient (Wildman–Crippen LogP) is 5.93. The molecule has 0 spiro atoms. The Morgan fingerprint density at radius 1 is 1.10 bits per heavy atom. The smallest absolute Gasteiger partial charge is 0.257 e. The van der Waals surface area contributed by atoms with Crippen LogP contribution in [0.25, 0.3) is 10.2 Å². The molecule has 0 atom stereocenters. The van der Waals surface area contributed by atoms with E-state index in [-0.39, 0.29) is 5.91 Å². The number of nitrogens with zero attached hydrogens (tertiary/aromatic N) is 2. The van der Waals surface area contributed by atoms with Crippen molar-refractivity contribution in [3.8, 4) is 0 Å². The summed E-state index contributed by atoms with van der Waals surface area (Å²) in [5.74, 6) is -0.134. The van der Waals surface area contributed by atoms with Crippen molar-refractivity contribution >= 4 is 50.2 Å². The van der Waals surface area contributed by atoms with Gasteiger partial charge in [0, 0.05) is 17.0 Å². The summed E-state index contributed by atoms with van der Waals surface area (Å²) >= 11 is 3.18. The molecule has 1 amide bonds. The number of aryl methyl sites for hydroxylation is 1. The topological polar surface area (TPSA) is 45.2 Å². The van der Waals surface area contributed by atoms with Gasteiger partial charge in [-0.15, -0.1) is 0 Å². The molecule has 3 aromatic carbocycles. The lowest BCUT2D eigenvalue weighted by atomic mass is 10.2. The van der Waals surface area contributed by atoms with Gasteiger partial charge in [-0.2, -0.15) is 0 Å². The van der Waals surface area contributed by atoms with Crippen molar-refractivity contribution in [1.82, 2.24) is 4.98 Å². The zero-order chi connectivity index (χ0) is 19.8. The number of thiazole rings is 1. The fraction of sp³-hybridized carbons (Fsp3) is 0.130. The van der Waals surface area contributed by atoms with Gasteiger partial charge in [-0.3, -0.25) is 10.1 Å².